The number of hydrogen-bond donors (Lipinski definition) is 0. The molecular weight excluding hydrogens is 275 g/mol. The molecule has 0 aromatic heterocycles. The van der Waals surface area contributed by atoms with Gasteiger partial charge in [-0.25, -0.2) is 0 Å². The Bertz CT molecular complexity index is 655. The molecule has 2 aromatic rings. The van der Waals surface area contributed by atoms with Crippen LogP contribution in [0.25, 0.3) is 0 Å². The summed E-state index contributed by atoms with van der Waals surface area (Å²) in [5, 5.41) is 0. The van der Waals surface area contributed by atoms with Crippen molar-refractivity contribution in [1.82, 2.24) is 0 Å². The van der Waals surface area contributed by atoms with Crippen LogP contribution in [0.1, 0.15) is 64.7 Å². The van der Waals surface area contributed by atoms with Gasteiger partial charge in [-0.15, -0.1) is 0 Å². The molecule has 1 heteroatoms. The molecule has 0 saturated heterocycles. The average molecular weight is 306 g/mol. The summed E-state index contributed by atoms with van der Waals surface area (Å²) >= 11 is 0. The lowest BCUT2D eigenvalue weighted by atomic mass is 9.30. The molecule has 0 unspecified atom stereocenters. The van der Waals surface area contributed by atoms with E-state index in [1.807, 2.05) is 27.7 Å². The van der Waals surface area contributed by atoms with Crippen molar-refractivity contribution in [3.05, 3.63) is 59.2 Å². The summed E-state index contributed by atoms with van der Waals surface area (Å²) in [5.74, 6) is 0. The third kappa shape index (κ3) is 2.87. The van der Waals surface area contributed by atoms with E-state index in [0.29, 0.717) is 6.71 Å². The summed E-state index contributed by atoms with van der Waals surface area (Å²) in [4.78, 5) is 0. The van der Waals surface area contributed by atoms with E-state index in [1.165, 1.54) is 24.7 Å². The topological polar surface area (TPSA) is 0 Å². The molecule has 0 atom stereocenters. The van der Waals surface area contributed by atoms with E-state index in [4.69, 9.17) is 0 Å². The van der Waals surface area contributed by atoms with E-state index < -0.39 is 0 Å². The van der Waals surface area contributed by atoms with Gasteiger partial charge in [-0.2, -0.15) is 0 Å². The van der Waals surface area contributed by atoms with Gasteiger partial charge in [-0.05, 0) is 17.5 Å². The molecule has 0 amide bonds. The maximum absolute atomic E-state index is 2.38. The number of rotatable bonds is 0. The van der Waals surface area contributed by atoms with Crippen LogP contribution in [-0.2, 0) is 11.8 Å². The van der Waals surface area contributed by atoms with Gasteiger partial charge < -0.3 is 0 Å². The van der Waals surface area contributed by atoms with E-state index in [0.717, 1.165) is 0 Å². The van der Waals surface area contributed by atoms with Gasteiger partial charge >= 0.3 is 0 Å². The van der Waals surface area contributed by atoms with Gasteiger partial charge in [0.15, 0.2) is 0 Å². The normalized spacial score (nSPS) is 16.0. The Hall–Kier alpha value is -1.50. The fourth-order valence-corrected chi connectivity index (χ4v) is 4.25. The predicted molar refractivity (Wildman–Crippen MR) is 106 cm³/mol. The van der Waals surface area contributed by atoms with Crippen molar-refractivity contribution < 1.29 is 0 Å². The minimum atomic E-state index is 0.149. The smallest absolute Gasteiger partial charge is 0.0701 e. The molecule has 4 rings (SSSR count). The summed E-state index contributed by atoms with van der Waals surface area (Å²) in [5.41, 5.74) is 8.07. The fourth-order valence-electron chi connectivity index (χ4n) is 4.25. The zero-order valence-electron chi connectivity index (χ0n) is 15.7. The van der Waals surface area contributed by atoms with Crippen LogP contribution in [0.5, 0.6) is 0 Å². The Balaban J connectivity index is 0.000000448. The second kappa shape index (κ2) is 7.38. The van der Waals surface area contributed by atoms with Crippen LogP contribution in [0.4, 0.5) is 0 Å². The number of hydrogen-bond acceptors (Lipinski definition) is 0. The van der Waals surface area contributed by atoms with E-state index in [1.54, 1.807) is 22.1 Å². The lowest BCUT2D eigenvalue weighted by Gasteiger charge is -2.41. The highest BCUT2D eigenvalue weighted by atomic mass is 14.3. The second-order valence-corrected chi connectivity index (χ2v) is 6.54. The highest BCUT2D eigenvalue weighted by Gasteiger charge is 2.40. The SMILES string of the molecule is CC.CC.CC1(C)c2ccccc2B2CCCc3cccc1c32. The van der Waals surface area contributed by atoms with Crippen LogP contribution in [-0.4, -0.2) is 6.71 Å². The molecule has 0 aliphatic carbocycles. The molecule has 0 bridgehead atoms. The molecule has 23 heavy (non-hydrogen) atoms. The van der Waals surface area contributed by atoms with Crippen molar-refractivity contribution in [2.75, 3.05) is 0 Å². The molecule has 2 aromatic carbocycles. The first kappa shape index (κ1) is 17.9. The van der Waals surface area contributed by atoms with Crippen molar-refractivity contribution in [3.8, 4) is 0 Å². The van der Waals surface area contributed by atoms with Crippen LogP contribution >= 0.6 is 0 Å². The molecule has 0 fully saturated rings. The highest BCUT2D eigenvalue weighted by Crippen LogP contribution is 2.35. The summed E-state index contributed by atoms with van der Waals surface area (Å²) in [6.07, 6.45) is 3.91. The molecule has 0 spiro atoms. The van der Waals surface area contributed by atoms with E-state index in [9.17, 15) is 0 Å². The zero-order chi connectivity index (χ0) is 17.0. The molecule has 2 heterocycles. The summed E-state index contributed by atoms with van der Waals surface area (Å²) in [6.45, 7) is 13.4. The molecular formula is C22H31B. The lowest BCUT2D eigenvalue weighted by Crippen LogP contribution is -2.56. The molecule has 0 nitrogen and oxygen atoms in total. The predicted octanol–water partition coefficient (Wildman–Crippen LogP) is 4.93. The third-order valence-electron chi connectivity index (χ3n) is 5.17. The molecule has 2 aliphatic rings. The minimum Gasteiger partial charge on any atom is -0.0701 e. The molecule has 122 valence electrons. The van der Waals surface area contributed by atoms with E-state index >= 15 is 0 Å². The quantitative estimate of drug-likeness (QED) is 0.605. The van der Waals surface area contributed by atoms with E-state index in [2.05, 4.69) is 56.3 Å². The highest BCUT2D eigenvalue weighted by molar-refractivity contribution is 6.87. The van der Waals surface area contributed by atoms with Crippen LogP contribution in [0.15, 0.2) is 42.5 Å². The summed E-state index contributed by atoms with van der Waals surface area (Å²) in [7, 11) is 0. The van der Waals surface area contributed by atoms with Gasteiger partial charge in [0, 0.05) is 5.41 Å². The Morgan fingerprint density at radius 2 is 1.48 bits per heavy atom. The van der Waals surface area contributed by atoms with Crippen LogP contribution < -0.4 is 10.9 Å². The largest absolute Gasteiger partial charge is 0.210 e. The van der Waals surface area contributed by atoms with Crippen molar-refractivity contribution >= 4 is 17.6 Å². The first-order chi connectivity index (χ1) is 11.2. The maximum atomic E-state index is 2.38. The Kier molecular flexibility index (Phi) is 5.73. The Morgan fingerprint density at radius 3 is 2.22 bits per heavy atom. The summed E-state index contributed by atoms with van der Waals surface area (Å²) in [6, 6.07) is 16.0. The first-order valence-electron chi connectivity index (χ1n) is 9.41. The molecule has 0 saturated carbocycles. The number of benzene rings is 2. The van der Waals surface area contributed by atoms with Gasteiger partial charge in [0.1, 0.15) is 0 Å². The first-order valence-corrected chi connectivity index (χ1v) is 9.41. The monoisotopic (exact) mass is 306 g/mol. The maximum Gasteiger partial charge on any atom is 0.210 e. The molecule has 0 radical (unpaired) electrons. The average Bonchev–Trinajstić information content (AvgIpc) is 2.63. The van der Waals surface area contributed by atoms with Gasteiger partial charge in [0.05, 0.1) is 0 Å². The molecule has 2 aliphatic heterocycles. The van der Waals surface area contributed by atoms with Gasteiger partial charge in [0.2, 0.25) is 6.71 Å². The van der Waals surface area contributed by atoms with E-state index in [-0.39, 0.29) is 5.41 Å². The number of fused-ring (bicyclic) bond motifs is 2. The minimum absolute atomic E-state index is 0.149. The van der Waals surface area contributed by atoms with Gasteiger partial charge in [-0.1, -0.05) is 113 Å². The van der Waals surface area contributed by atoms with Crippen molar-refractivity contribution in [3.63, 3.8) is 0 Å². The zero-order valence-corrected chi connectivity index (χ0v) is 15.7. The van der Waals surface area contributed by atoms with Crippen molar-refractivity contribution in [1.29, 1.82) is 0 Å². The van der Waals surface area contributed by atoms with Crippen molar-refractivity contribution in [2.24, 2.45) is 0 Å². The van der Waals surface area contributed by atoms with Gasteiger partial charge in [-0.3, -0.25) is 0 Å². The Labute approximate surface area is 143 Å². The fraction of sp³-hybridized carbons (Fsp3) is 0.455. The summed E-state index contributed by atoms with van der Waals surface area (Å²) < 4.78 is 0. The third-order valence-corrected chi connectivity index (χ3v) is 5.17. The second-order valence-electron chi connectivity index (χ2n) is 6.54. The number of aryl methyl sites for hydroxylation is 1. The standard InChI is InChI=1S/C18H19B.2C2H6/c1-18(2)14-9-3-4-11-16(14)19-12-6-8-13-7-5-10-15(18)17(13)19;2*1-2/h3-5,7,9-11H,6,8,12H2,1-2H3;2*1-2H3. The van der Waals surface area contributed by atoms with Crippen LogP contribution in [0.2, 0.25) is 6.32 Å². The van der Waals surface area contributed by atoms with Crippen LogP contribution in [0, 0.1) is 0 Å². The Morgan fingerprint density at radius 1 is 0.826 bits per heavy atom. The van der Waals surface area contributed by atoms with Crippen LogP contribution in [0.3, 0.4) is 0 Å². The van der Waals surface area contributed by atoms with Gasteiger partial charge in [0.25, 0.3) is 0 Å². The van der Waals surface area contributed by atoms with Crippen molar-refractivity contribution in [2.45, 2.75) is 66.1 Å². The lowest BCUT2D eigenvalue weighted by molar-refractivity contribution is 0.642. The molecule has 0 N–H and O–H groups in total.